The molecule has 18 heavy (non-hydrogen) atoms. The SMILES string of the molecule is COc1cc(NCC2(C)CCCO2)c(N)cc1F. The van der Waals surface area contributed by atoms with Crippen molar-refractivity contribution in [3.63, 3.8) is 0 Å². The number of anilines is 2. The van der Waals surface area contributed by atoms with E-state index in [-0.39, 0.29) is 11.4 Å². The second-order valence-corrected chi connectivity index (χ2v) is 4.83. The number of hydrogen-bond acceptors (Lipinski definition) is 4. The fraction of sp³-hybridized carbons (Fsp3) is 0.538. The van der Waals surface area contributed by atoms with Crippen molar-refractivity contribution < 1.29 is 13.9 Å². The minimum Gasteiger partial charge on any atom is -0.494 e. The lowest BCUT2D eigenvalue weighted by atomic mass is 10.0. The number of nitrogens with two attached hydrogens (primary N) is 1. The maximum Gasteiger partial charge on any atom is 0.167 e. The molecule has 1 aliphatic heterocycles. The van der Waals surface area contributed by atoms with E-state index < -0.39 is 5.82 Å². The fourth-order valence-corrected chi connectivity index (χ4v) is 2.14. The minimum atomic E-state index is -0.455. The standard InChI is InChI=1S/C13H19FN2O2/c1-13(4-3-5-18-13)8-16-11-7-12(17-2)9(14)6-10(11)15/h6-7,16H,3-5,8,15H2,1-2H3. The van der Waals surface area contributed by atoms with E-state index in [1.54, 1.807) is 6.07 Å². The van der Waals surface area contributed by atoms with Gasteiger partial charge in [0.2, 0.25) is 0 Å². The van der Waals surface area contributed by atoms with Gasteiger partial charge in [0.15, 0.2) is 11.6 Å². The molecule has 0 amide bonds. The first-order valence-electron chi connectivity index (χ1n) is 6.05. The molecule has 5 heteroatoms. The molecule has 2 rings (SSSR count). The van der Waals surface area contributed by atoms with Crippen LogP contribution in [0, 0.1) is 5.82 Å². The zero-order valence-electron chi connectivity index (χ0n) is 10.8. The van der Waals surface area contributed by atoms with Gasteiger partial charge >= 0.3 is 0 Å². The molecule has 0 radical (unpaired) electrons. The largest absolute Gasteiger partial charge is 0.494 e. The lowest BCUT2D eigenvalue weighted by molar-refractivity contribution is 0.0315. The molecule has 0 aromatic heterocycles. The molecule has 0 saturated carbocycles. The Bertz CT molecular complexity index is 431. The molecule has 4 nitrogen and oxygen atoms in total. The lowest BCUT2D eigenvalue weighted by Gasteiger charge is -2.24. The first kappa shape index (κ1) is 13.0. The third kappa shape index (κ3) is 2.67. The molecule has 0 bridgehead atoms. The number of nitrogen functional groups attached to an aromatic ring is 1. The van der Waals surface area contributed by atoms with E-state index in [2.05, 4.69) is 12.2 Å². The average molecular weight is 254 g/mol. The van der Waals surface area contributed by atoms with Crippen LogP contribution in [0.1, 0.15) is 19.8 Å². The van der Waals surface area contributed by atoms with Gasteiger partial charge < -0.3 is 20.5 Å². The van der Waals surface area contributed by atoms with E-state index in [1.807, 2.05) is 0 Å². The molecule has 3 N–H and O–H groups in total. The zero-order chi connectivity index (χ0) is 13.2. The van der Waals surface area contributed by atoms with Crippen molar-refractivity contribution in [3.05, 3.63) is 17.9 Å². The highest BCUT2D eigenvalue weighted by molar-refractivity contribution is 5.68. The van der Waals surface area contributed by atoms with Gasteiger partial charge in [-0.25, -0.2) is 4.39 Å². The molecular formula is C13H19FN2O2. The van der Waals surface area contributed by atoms with E-state index >= 15 is 0 Å². The second kappa shape index (κ2) is 5.02. The van der Waals surface area contributed by atoms with Crippen molar-refractivity contribution in [2.24, 2.45) is 0 Å². The fourth-order valence-electron chi connectivity index (χ4n) is 2.14. The summed E-state index contributed by atoms with van der Waals surface area (Å²) in [7, 11) is 1.43. The highest BCUT2D eigenvalue weighted by atomic mass is 19.1. The Morgan fingerprint density at radius 2 is 2.33 bits per heavy atom. The van der Waals surface area contributed by atoms with E-state index in [9.17, 15) is 4.39 Å². The first-order chi connectivity index (χ1) is 8.54. The van der Waals surface area contributed by atoms with Gasteiger partial charge in [-0.05, 0) is 19.8 Å². The average Bonchev–Trinajstić information content (AvgIpc) is 2.76. The van der Waals surface area contributed by atoms with Crippen molar-refractivity contribution in [2.45, 2.75) is 25.4 Å². The Hall–Kier alpha value is -1.49. The van der Waals surface area contributed by atoms with Gasteiger partial charge in [0, 0.05) is 25.3 Å². The summed E-state index contributed by atoms with van der Waals surface area (Å²) < 4.78 is 24.0. The molecule has 0 aliphatic carbocycles. The van der Waals surface area contributed by atoms with Crippen molar-refractivity contribution >= 4 is 11.4 Å². The van der Waals surface area contributed by atoms with E-state index in [0.717, 1.165) is 19.4 Å². The van der Waals surface area contributed by atoms with Gasteiger partial charge in [-0.15, -0.1) is 0 Å². The van der Waals surface area contributed by atoms with Gasteiger partial charge in [-0.3, -0.25) is 0 Å². The summed E-state index contributed by atoms with van der Waals surface area (Å²) in [5, 5.41) is 3.20. The maximum absolute atomic E-state index is 13.4. The van der Waals surface area contributed by atoms with Crippen molar-refractivity contribution in [1.82, 2.24) is 0 Å². The molecule has 1 aliphatic rings. The quantitative estimate of drug-likeness (QED) is 0.810. The number of methoxy groups -OCH3 is 1. The molecule has 0 spiro atoms. The molecule has 100 valence electrons. The van der Waals surface area contributed by atoms with Gasteiger partial charge in [0.25, 0.3) is 0 Å². The summed E-state index contributed by atoms with van der Waals surface area (Å²) in [6, 6.07) is 2.84. The van der Waals surface area contributed by atoms with Crippen molar-refractivity contribution in [3.8, 4) is 5.75 Å². The number of hydrogen-bond donors (Lipinski definition) is 2. The van der Waals surface area contributed by atoms with Crippen molar-refractivity contribution in [2.75, 3.05) is 31.3 Å². The monoisotopic (exact) mass is 254 g/mol. The van der Waals surface area contributed by atoms with Crippen LogP contribution < -0.4 is 15.8 Å². The number of nitrogens with one attached hydrogen (secondary N) is 1. The van der Waals surface area contributed by atoms with Gasteiger partial charge in [0.1, 0.15) is 0 Å². The molecule has 1 heterocycles. The number of halogens is 1. The molecular weight excluding hydrogens is 235 g/mol. The topological polar surface area (TPSA) is 56.5 Å². The van der Waals surface area contributed by atoms with E-state index in [1.165, 1.54) is 13.2 Å². The summed E-state index contributed by atoms with van der Waals surface area (Å²) in [6.45, 7) is 3.50. The normalized spacial score (nSPS) is 23.1. The second-order valence-electron chi connectivity index (χ2n) is 4.83. The van der Waals surface area contributed by atoms with Gasteiger partial charge in [-0.2, -0.15) is 0 Å². The van der Waals surface area contributed by atoms with Crippen LogP contribution >= 0.6 is 0 Å². The maximum atomic E-state index is 13.4. The third-order valence-electron chi connectivity index (χ3n) is 3.28. The molecule has 1 aromatic carbocycles. The van der Waals surface area contributed by atoms with Crippen LogP contribution in [-0.4, -0.2) is 25.9 Å². The summed E-state index contributed by atoms with van der Waals surface area (Å²) in [4.78, 5) is 0. The van der Waals surface area contributed by atoms with Crippen LogP contribution in [0.2, 0.25) is 0 Å². The predicted octanol–water partition coefficient (Wildman–Crippen LogP) is 2.40. The first-order valence-corrected chi connectivity index (χ1v) is 6.05. The zero-order valence-corrected chi connectivity index (χ0v) is 10.8. The van der Waals surface area contributed by atoms with E-state index in [4.69, 9.17) is 15.2 Å². The summed E-state index contributed by atoms with van der Waals surface area (Å²) in [5.74, 6) is -0.270. The van der Waals surface area contributed by atoms with Crippen LogP contribution in [0.4, 0.5) is 15.8 Å². The molecule has 1 atom stereocenters. The minimum absolute atomic E-state index is 0.173. The lowest BCUT2D eigenvalue weighted by Crippen LogP contribution is -2.32. The number of rotatable bonds is 4. The third-order valence-corrected chi connectivity index (χ3v) is 3.28. The van der Waals surface area contributed by atoms with Gasteiger partial charge in [-0.1, -0.05) is 0 Å². The van der Waals surface area contributed by atoms with Crippen LogP contribution in [0.25, 0.3) is 0 Å². The van der Waals surface area contributed by atoms with Crippen LogP contribution in [0.15, 0.2) is 12.1 Å². The highest BCUT2D eigenvalue weighted by Crippen LogP contribution is 2.30. The number of benzene rings is 1. The molecule has 1 saturated heterocycles. The van der Waals surface area contributed by atoms with E-state index in [0.29, 0.717) is 17.9 Å². The Morgan fingerprint density at radius 1 is 1.56 bits per heavy atom. The summed E-state index contributed by atoms with van der Waals surface area (Å²) in [5.41, 5.74) is 6.64. The van der Waals surface area contributed by atoms with Crippen molar-refractivity contribution in [1.29, 1.82) is 0 Å². The van der Waals surface area contributed by atoms with Crippen LogP contribution in [-0.2, 0) is 4.74 Å². The smallest absolute Gasteiger partial charge is 0.167 e. The Morgan fingerprint density at radius 3 is 2.94 bits per heavy atom. The van der Waals surface area contributed by atoms with Crippen LogP contribution in [0.5, 0.6) is 5.75 Å². The van der Waals surface area contributed by atoms with Gasteiger partial charge in [0.05, 0.1) is 24.1 Å². The Labute approximate surface area is 106 Å². The van der Waals surface area contributed by atoms with Crippen LogP contribution in [0.3, 0.4) is 0 Å². The molecule has 1 fully saturated rings. The predicted molar refractivity (Wildman–Crippen MR) is 69.4 cm³/mol. The number of ether oxygens (including phenoxy) is 2. The molecule has 1 unspecified atom stereocenters. The summed E-state index contributed by atoms with van der Waals surface area (Å²) >= 11 is 0. The highest BCUT2D eigenvalue weighted by Gasteiger charge is 2.29. The Kier molecular flexibility index (Phi) is 3.61. The Balaban J connectivity index is 2.09. The molecule has 1 aromatic rings. The summed E-state index contributed by atoms with van der Waals surface area (Å²) in [6.07, 6.45) is 2.08.